The molecule has 69 valence electrons. The van der Waals surface area contributed by atoms with Crippen molar-refractivity contribution in [1.82, 2.24) is 0 Å². The highest BCUT2D eigenvalue weighted by molar-refractivity contribution is 5.34. The molecular formula is C9H6F3O. The Balaban J connectivity index is 3.01. The van der Waals surface area contributed by atoms with Crippen molar-refractivity contribution >= 4 is 0 Å². The van der Waals surface area contributed by atoms with E-state index in [2.05, 4.69) is 17.4 Å². The molecule has 0 N–H and O–H groups in total. The van der Waals surface area contributed by atoms with Gasteiger partial charge >= 0.3 is 6.61 Å². The highest BCUT2D eigenvalue weighted by Crippen LogP contribution is 2.21. The predicted octanol–water partition coefficient (Wildman–Crippen LogP) is 2.76. The van der Waals surface area contributed by atoms with Gasteiger partial charge < -0.3 is 4.74 Å². The van der Waals surface area contributed by atoms with Crippen LogP contribution >= 0.6 is 0 Å². The lowest BCUT2D eigenvalue weighted by atomic mass is 10.2. The van der Waals surface area contributed by atoms with Crippen LogP contribution in [0.25, 0.3) is 0 Å². The maximum Gasteiger partial charge on any atom is 0.387 e. The molecule has 0 spiro atoms. The summed E-state index contributed by atoms with van der Waals surface area (Å²) < 4.78 is 40.4. The number of alkyl halides is 2. The zero-order valence-corrected chi connectivity index (χ0v) is 6.56. The van der Waals surface area contributed by atoms with E-state index in [1.54, 1.807) is 0 Å². The molecule has 1 aromatic carbocycles. The maximum absolute atomic E-state index is 13.1. The highest BCUT2D eigenvalue weighted by Gasteiger charge is 2.11. The van der Waals surface area contributed by atoms with Gasteiger partial charge in [0.2, 0.25) is 0 Å². The third kappa shape index (κ3) is 2.24. The summed E-state index contributed by atoms with van der Waals surface area (Å²) in [6.45, 7) is 0.171. The molecule has 1 aromatic rings. The summed E-state index contributed by atoms with van der Waals surface area (Å²) in [6, 6.07) is 3.86. The van der Waals surface area contributed by atoms with E-state index >= 15 is 0 Å². The van der Waals surface area contributed by atoms with Crippen molar-refractivity contribution in [2.24, 2.45) is 0 Å². The summed E-state index contributed by atoms with van der Waals surface area (Å²) in [5.41, 5.74) is 0.0122. The van der Waals surface area contributed by atoms with Crippen LogP contribution in [0.5, 0.6) is 5.75 Å². The molecule has 0 aliphatic heterocycles. The molecule has 0 amide bonds. The molecule has 0 saturated carbocycles. The molecular weight excluding hydrogens is 181 g/mol. The molecule has 1 rings (SSSR count). The predicted molar refractivity (Wildman–Crippen MR) is 41.0 cm³/mol. The van der Waals surface area contributed by atoms with Crippen LogP contribution in [-0.2, 0) is 0 Å². The van der Waals surface area contributed by atoms with Gasteiger partial charge in [0.1, 0.15) is 0 Å². The Kier molecular flexibility index (Phi) is 2.95. The van der Waals surface area contributed by atoms with Crippen molar-refractivity contribution in [3.8, 4) is 5.75 Å². The Labute approximate surface area is 73.4 Å². The van der Waals surface area contributed by atoms with Crippen LogP contribution in [0.15, 0.2) is 24.8 Å². The molecule has 4 heteroatoms. The molecule has 0 aliphatic rings. The Bertz CT molecular complexity index is 310. The fraction of sp³-hybridized carbons (Fsp3) is 0.111. The lowest BCUT2D eigenvalue weighted by Gasteiger charge is -2.06. The number of benzene rings is 1. The van der Waals surface area contributed by atoms with Crippen LogP contribution in [0.4, 0.5) is 13.2 Å². The van der Waals surface area contributed by atoms with Gasteiger partial charge in [-0.2, -0.15) is 8.78 Å². The van der Waals surface area contributed by atoms with Gasteiger partial charge in [0.15, 0.2) is 11.6 Å². The van der Waals surface area contributed by atoms with Gasteiger partial charge in [-0.1, -0.05) is 18.7 Å². The molecule has 0 saturated heterocycles. The van der Waals surface area contributed by atoms with Gasteiger partial charge in [-0.15, -0.1) is 0 Å². The Morgan fingerprint density at radius 3 is 2.62 bits per heavy atom. The molecule has 0 aromatic heterocycles. The van der Waals surface area contributed by atoms with Gasteiger partial charge in [-0.25, -0.2) is 4.39 Å². The summed E-state index contributed by atoms with van der Waals surface area (Å²) in [6.07, 6.45) is 2.26. The van der Waals surface area contributed by atoms with Crippen molar-refractivity contribution in [3.05, 3.63) is 42.2 Å². The molecule has 0 fully saturated rings. The first-order chi connectivity index (χ1) is 6.15. The van der Waals surface area contributed by atoms with E-state index in [4.69, 9.17) is 0 Å². The van der Waals surface area contributed by atoms with E-state index < -0.39 is 18.2 Å². The first kappa shape index (κ1) is 9.64. The normalized spacial score (nSPS) is 10.2. The molecule has 0 bridgehead atoms. The molecule has 1 radical (unpaired) electrons. The van der Waals surface area contributed by atoms with Crippen LogP contribution in [0.3, 0.4) is 0 Å². The van der Waals surface area contributed by atoms with E-state index in [1.807, 2.05) is 0 Å². The zero-order chi connectivity index (χ0) is 9.84. The summed E-state index contributed by atoms with van der Waals surface area (Å²) >= 11 is 0. The number of ether oxygens (including phenoxy) is 1. The quantitative estimate of drug-likeness (QED) is 0.706. The van der Waals surface area contributed by atoms with Crippen molar-refractivity contribution in [2.75, 3.05) is 0 Å². The molecule has 0 unspecified atom stereocenters. The maximum atomic E-state index is 13.1. The van der Waals surface area contributed by atoms with Crippen LogP contribution in [0.2, 0.25) is 0 Å². The summed E-state index contributed by atoms with van der Waals surface area (Å²) in [4.78, 5) is 0. The fourth-order valence-corrected chi connectivity index (χ4v) is 0.834. The van der Waals surface area contributed by atoms with E-state index in [-0.39, 0.29) is 5.56 Å². The first-order valence-corrected chi connectivity index (χ1v) is 3.41. The molecule has 0 aliphatic carbocycles. The summed E-state index contributed by atoms with van der Waals surface area (Å²) in [7, 11) is 0. The van der Waals surface area contributed by atoms with E-state index in [9.17, 15) is 13.2 Å². The zero-order valence-electron chi connectivity index (χ0n) is 6.56. The van der Waals surface area contributed by atoms with Crippen molar-refractivity contribution in [1.29, 1.82) is 0 Å². The Morgan fingerprint density at radius 2 is 2.08 bits per heavy atom. The largest absolute Gasteiger partial charge is 0.432 e. The molecule has 13 heavy (non-hydrogen) atoms. The average Bonchev–Trinajstić information content (AvgIpc) is 2.08. The van der Waals surface area contributed by atoms with E-state index in [0.29, 0.717) is 0 Å². The van der Waals surface area contributed by atoms with Crippen LogP contribution in [-0.4, -0.2) is 6.61 Å². The summed E-state index contributed by atoms with van der Waals surface area (Å²) in [5.74, 6) is -1.37. The number of hydrogen-bond donors (Lipinski definition) is 0. The van der Waals surface area contributed by atoms with Crippen LogP contribution in [0.1, 0.15) is 5.56 Å². The number of hydrogen-bond acceptors (Lipinski definition) is 1. The Morgan fingerprint density at radius 1 is 1.38 bits per heavy atom. The fourth-order valence-electron chi connectivity index (χ4n) is 0.834. The average molecular weight is 187 g/mol. The molecule has 1 nitrogen and oxygen atoms in total. The van der Waals surface area contributed by atoms with Gasteiger partial charge in [-0.3, -0.25) is 0 Å². The topological polar surface area (TPSA) is 9.23 Å². The summed E-state index contributed by atoms with van der Waals surface area (Å²) in [5, 5.41) is 0. The van der Waals surface area contributed by atoms with Crippen molar-refractivity contribution in [3.63, 3.8) is 0 Å². The monoisotopic (exact) mass is 187 g/mol. The van der Waals surface area contributed by atoms with Gasteiger partial charge in [-0.05, 0) is 12.1 Å². The van der Waals surface area contributed by atoms with Gasteiger partial charge in [0, 0.05) is 5.56 Å². The first-order valence-electron chi connectivity index (χ1n) is 3.41. The smallest absolute Gasteiger partial charge is 0.387 e. The third-order valence-corrected chi connectivity index (χ3v) is 1.37. The van der Waals surface area contributed by atoms with Crippen molar-refractivity contribution < 1.29 is 17.9 Å². The standard InChI is InChI=1S/C9H6F3O/c1-2-6-4-3-5-7(8(6)10)13-9(11)12/h3-5,9H,1H2. The Hall–Kier alpha value is -1.45. The minimum atomic E-state index is -3.03. The minimum Gasteiger partial charge on any atom is -0.432 e. The lowest BCUT2D eigenvalue weighted by molar-refractivity contribution is -0.0522. The van der Waals surface area contributed by atoms with Gasteiger partial charge in [0.05, 0.1) is 0 Å². The SMILES string of the molecule is C=[C]c1cccc(OC(F)F)c1F. The van der Waals surface area contributed by atoms with E-state index in [1.165, 1.54) is 12.1 Å². The van der Waals surface area contributed by atoms with Gasteiger partial charge in [0.25, 0.3) is 0 Å². The second-order valence-corrected chi connectivity index (χ2v) is 2.17. The second-order valence-electron chi connectivity index (χ2n) is 2.17. The second kappa shape index (κ2) is 3.98. The minimum absolute atomic E-state index is 0.0122. The third-order valence-electron chi connectivity index (χ3n) is 1.37. The number of halogens is 3. The van der Waals surface area contributed by atoms with E-state index in [0.717, 1.165) is 6.07 Å². The highest BCUT2D eigenvalue weighted by atomic mass is 19.3. The molecule has 0 atom stereocenters. The number of rotatable bonds is 3. The van der Waals surface area contributed by atoms with Crippen LogP contribution < -0.4 is 4.74 Å². The molecule has 0 heterocycles. The van der Waals surface area contributed by atoms with Crippen LogP contribution in [0, 0.1) is 11.9 Å². The van der Waals surface area contributed by atoms with Crippen molar-refractivity contribution in [2.45, 2.75) is 6.61 Å². The lowest BCUT2D eigenvalue weighted by Crippen LogP contribution is -2.04.